The van der Waals surface area contributed by atoms with Crippen molar-refractivity contribution in [2.24, 2.45) is 0 Å². The van der Waals surface area contributed by atoms with Gasteiger partial charge in [0.05, 0.1) is 18.5 Å². The average Bonchev–Trinajstić information content (AvgIpc) is 3.28. The molecule has 35 heavy (non-hydrogen) atoms. The second-order valence-electron chi connectivity index (χ2n) is 8.62. The second-order valence-corrected chi connectivity index (χ2v) is 9.91. The summed E-state index contributed by atoms with van der Waals surface area (Å²) >= 11 is 1.37. The number of carbonyl (C=O) groups is 2. The van der Waals surface area contributed by atoms with E-state index in [9.17, 15) is 9.59 Å². The van der Waals surface area contributed by atoms with Crippen molar-refractivity contribution in [3.63, 3.8) is 0 Å². The van der Waals surface area contributed by atoms with Gasteiger partial charge in [-0.15, -0.1) is 11.3 Å². The number of carbonyl (C=O) groups excluding carboxylic acids is 2. The summed E-state index contributed by atoms with van der Waals surface area (Å²) in [6, 6.07) is 12.9. The Morgan fingerprint density at radius 1 is 1.06 bits per heavy atom. The molecule has 9 heteroatoms. The van der Waals surface area contributed by atoms with Crippen LogP contribution in [-0.4, -0.2) is 38.4 Å². The lowest BCUT2D eigenvalue weighted by molar-refractivity contribution is -0.119. The molecule has 1 aliphatic rings. The summed E-state index contributed by atoms with van der Waals surface area (Å²) in [7, 11) is 3.12. The fourth-order valence-electron chi connectivity index (χ4n) is 3.82. The molecule has 0 saturated carbocycles. The maximum absolute atomic E-state index is 12.8. The molecule has 8 nitrogen and oxygen atoms in total. The molecule has 1 aliphatic heterocycles. The number of methoxy groups -OCH3 is 2. The van der Waals surface area contributed by atoms with Crippen molar-refractivity contribution < 1.29 is 28.5 Å². The number of nitrogens with one attached hydrogen (secondary N) is 2. The third-order valence-electron chi connectivity index (χ3n) is 5.66. The largest absolute Gasteiger partial charge is 0.496 e. The van der Waals surface area contributed by atoms with Crippen LogP contribution < -0.4 is 20.1 Å². The monoisotopic (exact) mass is 496 g/mol. The van der Waals surface area contributed by atoms with Gasteiger partial charge in [-0.3, -0.25) is 4.79 Å². The zero-order chi connectivity index (χ0) is 25.2. The topological polar surface area (TPSA) is 95.1 Å². The Labute approximate surface area is 208 Å². The Hall–Kier alpha value is -3.56. The summed E-state index contributed by atoms with van der Waals surface area (Å²) in [5, 5.41) is 6.27. The maximum atomic E-state index is 12.8. The minimum atomic E-state index is -0.783. The van der Waals surface area contributed by atoms with Crippen LogP contribution >= 0.6 is 11.3 Å². The van der Waals surface area contributed by atoms with Crippen LogP contribution in [0.2, 0.25) is 0 Å². The van der Waals surface area contributed by atoms with E-state index in [0.717, 1.165) is 21.7 Å². The number of rotatable bonds is 8. The van der Waals surface area contributed by atoms with Gasteiger partial charge >= 0.3 is 5.97 Å². The van der Waals surface area contributed by atoms with E-state index < -0.39 is 11.5 Å². The molecule has 0 saturated heterocycles. The van der Waals surface area contributed by atoms with Crippen LogP contribution in [0.1, 0.15) is 34.0 Å². The molecule has 0 bridgehead atoms. The summed E-state index contributed by atoms with van der Waals surface area (Å²) in [5.74, 6) is 0.551. The Morgan fingerprint density at radius 3 is 2.51 bits per heavy atom. The van der Waals surface area contributed by atoms with Crippen LogP contribution in [-0.2, 0) is 20.9 Å². The van der Waals surface area contributed by atoms with E-state index in [4.69, 9.17) is 18.9 Å². The molecule has 0 fully saturated rings. The highest BCUT2D eigenvalue weighted by Crippen LogP contribution is 2.43. The van der Waals surface area contributed by atoms with E-state index in [1.165, 1.54) is 11.3 Å². The molecular formula is C26H28N2O6S. The number of esters is 1. The lowest BCUT2D eigenvalue weighted by Crippen LogP contribution is -2.47. The van der Waals surface area contributed by atoms with Gasteiger partial charge in [0.1, 0.15) is 28.5 Å². The van der Waals surface area contributed by atoms with E-state index in [0.29, 0.717) is 27.6 Å². The number of benzene rings is 2. The average molecular weight is 497 g/mol. The quantitative estimate of drug-likeness (QED) is 0.326. The Morgan fingerprint density at radius 2 is 1.83 bits per heavy atom. The molecule has 184 valence electrons. The van der Waals surface area contributed by atoms with Crippen LogP contribution in [0.4, 0.5) is 11.4 Å². The number of fused-ring (bicyclic) bond motifs is 1. The lowest BCUT2D eigenvalue weighted by atomic mass is 9.93. The van der Waals surface area contributed by atoms with Gasteiger partial charge in [-0.1, -0.05) is 6.07 Å². The van der Waals surface area contributed by atoms with Crippen molar-refractivity contribution in [1.29, 1.82) is 0 Å². The molecular weight excluding hydrogens is 468 g/mol. The molecule has 2 N–H and O–H groups in total. The van der Waals surface area contributed by atoms with E-state index in [-0.39, 0.29) is 19.3 Å². The van der Waals surface area contributed by atoms with Gasteiger partial charge in [-0.05, 0) is 56.7 Å². The van der Waals surface area contributed by atoms with Gasteiger partial charge in [0.25, 0.3) is 0 Å². The van der Waals surface area contributed by atoms with Crippen LogP contribution in [0.5, 0.6) is 11.5 Å². The first-order valence-corrected chi connectivity index (χ1v) is 11.8. The number of amides is 1. The minimum Gasteiger partial charge on any atom is -0.496 e. The number of aryl methyl sites for hydroxylation is 1. The Kier molecular flexibility index (Phi) is 7.00. The number of hydrogen-bond donors (Lipinski definition) is 2. The fraction of sp³-hybridized carbons (Fsp3) is 0.308. The molecule has 0 atom stereocenters. The molecule has 2 heterocycles. The highest BCUT2D eigenvalue weighted by Gasteiger charge is 2.35. The molecule has 4 rings (SSSR count). The molecule has 3 aromatic rings. The van der Waals surface area contributed by atoms with Gasteiger partial charge < -0.3 is 29.6 Å². The first kappa shape index (κ1) is 24.6. The first-order chi connectivity index (χ1) is 16.7. The third-order valence-corrected chi connectivity index (χ3v) is 6.64. The normalized spacial score (nSPS) is 13.9. The summed E-state index contributed by atoms with van der Waals surface area (Å²) in [4.78, 5) is 27.0. The molecule has 1 amide bonds. The fourth-order valence-corrected chi connectivity index (χ4v) is 4.59. The minimum absolute atomic E-state index is 0.0399. The van der Waals surface area contributed by atoms with Crippen LogP contribution in [0, 0.1) is 6.92 Å². The molecule has 2 aromatic carbocycles. The van der Waals surface area contributed by atoms with E-state index >= 15 is 0 Å². The van der Waals surface area contributed by atoms with Crippen molar-refractivity contribution in [2.75, 3.05) is 31.6 Å². The van der Waals surface area contributed by atoms with Crippen LogP contribution in [0.15, 0.2) is 42.5 Å². The SMILES string of the molecule is COCOc1ccc(-c2ccc3c(c2COC(=O)c2ccc(C)s2)NC(=O)C(C)(C)N3)c(OC)c1. The number of anilines is 2. The zero-order valence-corrected chi connectivity index (χ0v) is 21.1. The summed E-state index contributed by atoms with van der Waals surface area (Å²) in [5.41, 5.74) is 2.71. The smallest absolute Gasteiger partial charge is 0.348 e. The van der Waals surface area contributed by atoms with E-state index in [1.54, 1.807) is 46.3 Å². The van der Waals surface area contributed by atoms with Gasteiger partial charge in [-0.25, -0.2) is 4.79 Å². The molecule has 0 aliphatic carbocycles. The molecule has 0 unspecified atom stereocenters. The van der Waals surface area contributed by atoms with Crippen molar-refractivity contribution in [1.82, 2.24) is 0 Å². The van der Waals surface area contributed by atoms with Crippen LogP contribution in [0.3, 0.4) is 0 Å². The second kappa shape index (κ2) is 9.97. The number of hydrogen-bond acceptors (Lipinski definition) is 8. The highest BCUT2D eigenvalue weighted by atomic mass is 32.1. The standard InChI is InChI=1S/C26H28N2O6S/c1-15-6-11-22(35-15)24(29)33-13-19-17(9-10-20-23(19)27-25(30)26(2,3)28-20)18-8-7-16(34-14-31-4)12-21(18)32-5/h6-12,28H,13-14H2,1-5H3,(H,27,30). The first-order valence-electron chi connectivity index (χ1n) is 11.0. The van der Waals surface area contributed by atoms with Gasteiger partial charge in [0.2, 0.25) is 5.91 Å². The van der Waals surface area contributed by atoms with Gasteiger partial charge in [0.15, 0.2) is 6.79 Å². The van der Waals surface area contributed by atoms with Crippen molar-refractivity contribution in [3.8, 4) is 22.6 Å². The van der Waals surface area contributed by atoms with Crippen LogP contribution in [0.25, 0.3) is 11.1 Å². The predicted octanol–water partition coefficient (Wildman–Crippen LogP) is 5.21. The van der Waals surface area contributed by atoms with Crippen molar-refractivity contribution in [2.45, 2.75) is 32.9 Å². The van der Waals surface area contributed by atoms with Crippen molar-refractivity contribution >= 4 is 34.6 Å². The maximum Gasteiger partial charge on any atom is 0.348 e. The Bertz CT molecular complexity index is 1270. The lowest BCUT2D eigenvalue weighted by Gasteiger charge is -2.34. The summed E-state index contributed by atoms with van der Waals surface area (Å²) in [6.45, 7) is 5.61. The van der Waals surface area contributed by atoms with E-state index in [1.807, 2.05) is 31.2 Å². The van der Waals surface area contributed by atoms with Crippen molar-refractivity contribution in [3.05, 3.63) is 57.8 Å². The summed E-state index contributed by atoms with van der Waals surface area (Å²) in [6.07, 6.45) is 0. The number of ether oxygens (including phenoxy) is 4. The predicted molar refractivity (Wildman–Crippen MR) is 135 cm³/mol. The van der Waals surface area contributed by atoms with Gasteiger partial charge in [0, 0.05) is 29.2 Å². The number of thiophene rings is 1. The molecule has 0 radical (unpaired) electrons. The van der Waals surface area contributed by atoms with E-state index in [2.05, 4.69) is 10.6 Å². The molecule has 0 spiro atoms. The summed E-state index contributed by atoms with van der Waals surface area (Å²) < 4.78 is 21.9. The van der Waals surface area contributed by atoms with Gasteiger partial charge in [-0.2, -0.15) is 0 Å². The Balaban J connectivity index is 1.76. The molecule has 1 aromatic heterocycles. The third kappa shape index (κ3) is 5.11. The highest BCUT2D eigenvalue weighted by molar-refractivity contribution is 7.13. The zero-order valence-electron chi connectivity index (χ0n) is 20.3.